The molecule has 4 rings (SSSR count). The zero-order valence-electron chi connectivity index (χ0n) is 14.5. The zero-order chi connectivity index (χ0) is 17.6. The van der Waals surface area contributed by atoms with E-state index in [9.17, 15) is 4.79 Å². The van der Waals surface area contributed by atoms with Gasteiger partial charge in [0, 0.05) is 39.8 Å². The van der Waals surface area contributed by atoms with Gasteiger partial charge in [-0.15, -0.1) is 0 Å². The molecule has 0 bridgehead atoms. The van der Waals surface area contributed by atoms with Crippen LogP contribution in [0.1, 0.15) is 6.92 Å². The molecular weight excluding hydrogens is 320 g/mol. The third kappa shape index (κ3) is 2.51. The number of aromatic nitrogens is 6. The second kappa shape index (κ2) is 5.83. The number of hydrogen-bond acceptors (Lipinski definition) is 7. The second-order valence-corrected chi connectivity index (χ2v) is 6.25. The summed E-state index contributed by atoms with van der Waals surface area (Å²) in [7, 11) is 3.67. The molecule has 0 saturated carbocycles. The fourth-order valence-corrected chi connectivity index (χ4v) is 3.07. The summed E-state index contributed by atoms with van der Waals surface area (Å²) in [4.78, 5) is 29.3. The van der Waals surface area contributed by atoms with E-state index in [-0.39, 0.29) is 5.56 Å². The van der Waals surface area contributed by atoms with E-state index in [1.54, 1.807) is 32.0 Å². The molecule has 1 saturated heterocycles. The Morgan fingerprint density at radius 3 is 2.80 bits per heavy atom. The number of hydrogen-bond donors (Lipinski definition) is 0. The summed E-state index contributed by atoms with van der Waals surface area (Å²) in [6, 6.07) is 1.92. The summed E-state index contributed by atoms with van der Waals surface area (Å²) in [6.07, 6.45) is 5.11. The van der Waals surface area contributed by atoms with E-state index < -0.39 is 0 Å². The molecule has 0 radical (unpaired) electrons. The van der Waals surface area contributed by atoms with E-state index in [0.29, 0.717) is 6.04 Å². The normalized spacial score (nSPS) is 14.8. The lowest BCUT2D eigenvalue weighted by Gasteiger charge is -2.45. The third-order valence-corrected chi connectivity index (χ3v) is 4.79. The van der Waals surface area contributed by atoms with Crippen molar-refractivity contribution in [2.45, 2.75) is 19.5 Å². The van der Waals surface area contributed by atoms with Gasteiger partial charge in [-0.05, 0) is 6.92 Å². The van der Waals surface area contributed by atoms with Crippen LogP contribution in [0, 0.1) is 0 Å². The molecule has 0 atom stereocenters. The maximum Gasteiger partial charge on any atom is 0.268 e. The van der Waals surface area contributed by atoms with Crippen LogP contribution in [0.2, 0.25) is 0 Å². The summed E-state index contributed by atoms with van der Waals surface area (Å²) < 4.78 is 3.33. The molecule has 0 aliphatic carbocycles. The quantitative estimate of drug-likeness (QED) is 0.674. The predicted molar refractivity (Wildman–Crippen MR) is 94.9 cm³/mol. The lowest BCUT2D eigenvalue weighted by molar-refractivity contribution is 0.492. The van der Waals surface area contributed by atoms with E-state index in [2.05, 4.69) is 36.8 Å². The van der Waals surface area contributed by atoms with Gasteiger partial charge < -0.3 is 14.4 Å². The topological polar surface area (TPSA) is 85.0 Å². The summed E-state index contributed by atoms with van der Waals surface area (Å²) in [6.45, 7) is 4.51. The van der Waals surface area contributed by atoms with Gasteiger partial charge in [-0.2, -0.15) is 5.10 Å². The molecule has 0 spiro atoms. The highest BCUT2D eigenvalue weighted by Gasteiger charge is 2.32. The minimum atomic E-state index is -0.100. The molecule has 4 heterocycles. The molecule has 1 fully saturated rings. The standard InChI is InChI=1S/C16H20N8O/c1-4-23-10-19-14-15(17-9-18-16(14)23)21(2)12-7-24(8-12)11-5-13(25)22(3)20-6-11/h5-6,9-10,12H,4,7-8H2,1-3H3. The van der Waals surface area contributed by atoms with Crippen molar-refractivity contribution in [1.82, 2.24) is 29.3 Å². The Bertz CT molecular complexity index is 972. The lowest BCUT2D eigenvalue weighted by atomic mass is 10.1. The molecular formula is C16H20N8O. The van der Waals surface area contributed by atoms with Crippen molar-refractivity contribution in [3.05, 3.63) is 35.3 Å². The molecule has 25 heavy (non-hydrogen) atoms. The number of anilines is 2. The first-order valence-corrected chi connectivity index (χ1v) is 8.25. The van der Waals surface area contributed by atoms with Crippen molar-refractivity contribution < 1.29 is 0 Å². The largest absolute Gasteiger partial charge is 0.366 e. The van der Waals surface area contributed by atoms with Crippen molar-refractivity contribution in [2.24, 2.45) is 7.05 Å². The average molecular weight is 340 g/mol. The molecule has 1 aliphatic heterocycles. The molecule has 3 aromatic heterocycles. The first-order chi connectivity index (χ1) is 12.1. The van der Waals surface area contributed by atoms with Gasteiger partial charge >= 0.3 is 0 Å². The van der Waals surface area contributed by atoms with E-state index in [0.717, 1.165) is 42.3 Å². The SMILES string of the molecule is CCn1cnc2c(N(C)C3CN(c4cnn(C)c(=O)c4)C3)ncnc21. The maximum atomic E-state index is 11.7. The highest BCUT2D eigenvalue weighted by atomic mass is 16.1. The van der Waals surface area contributed by atoms with Crippen LogP contribution >= 0.6 is 0 Å². The Morgan fingerprint density at radius 1 is 1.28 bits per heavy atom. The van der Waals surface area contributed by atoms with E-state index in [4.69, 9.17) is 0 Å². The van der Waals surface area contributed by atoms with Gasteiger partial charge in [0.05, 0.1) is 24.3 Å². The van der Waals surface area contributed by atoms with Gasteiger partial charge in [0.1, 0.15) is 6.33 Å². The molecule has 0 amide bonds. The number of nitrogens with zero attached hydrogens (tertiary/aromatic N) is 8. The summed E-state index contributed by atoms with van der Waals surface area (Å²) in [5, 5.41) is 4.08. The van der Waals surface area contributed by atoms with Crippen LogP contribution in [0.25, 0.3) is 11.2 Å². The monoisotopic (exact) mass is 340 g/mol. The van der Waals surface area contributed by atoms with E-state index in [1.807, 2.05) is 11.6 Å². The van der Waals surface area contributed by atoms with Crippen LogP contribution < -0.4 is 15.4 Å². The summed E-state index contributed by atoms with van der Waals surface area (Å²) >= 11 is 0. The van der Waals surface area contributed by atoms with Gasteiger partial charge in [0.2, 0.25) is 0 Å². The van der Waals surface area contributed by atoms with Crippen molar-refractivity contribution in [3.63, 3.8) is 0 Å². The number of imidazole rings is 1. The minimum Gasteiger partial charge on any atom is -0.366 e. The number of aryl methyl sites for hydroxylation is 2. The number of likely N-dealkylation sites (N-methyl/N-ethyl adjacent to an activating group) is 1. The first kappa shape index (κ1) is 15.6. The molecule has 9 nitrogen and oxygen atoms in total. The van der Waals surface area contributed by atoms with Crippen molar-refractivity contribution in [2.75, 3.05) is 29.9 Å². The fourth-order valence-electron chi connectivity index (χ4n) is 3.07. The molecule has 9 heteroatoms. The average Bonchev–Trinajstić information content (AvgIpc) is 2.99. The van der Waals surface area contributed by atoms with Gasteiger partial charge in [-0.3, -0.25) is 4.79 Å². The third-order valence-electron chi connectivity index (χ3n) is 4.79. The fraction of sp³-hybridized carbons (Fsp3) is 0.438. The highest BCUT2D eigenvalue weighted by Crippen LogP contribution is 2.27. The van der Waals surface area contributed by atoms with Crippen LogP contribution in [0.5, 0.6) is 0 Å². The van der Waals surface area contributed by atoms with Crippen molar-refractivity contribution >= 4 is 22.7 Å². The van der Waals surface area contributed by atoms with E-state index in [1.165, 1.54) is 4.68 Å². The molecule has 1 aliphatic rings. The highest BCUT2D eigenvalue weighted by molar-refractivity contribution is 5.83. The zero-order valence-corrected chi connectivity index (χ0v) is 14.5. The van der Waals surface area contributed by atoms with Gasteiger partial charge in [-0.25, -0.2) is 19.6 Å². The van der Waals surface area contributed by atoms with Gasteiger partial charge in [0.15, 0.2) is 17.0 Å². The Kier molecular flexibility index (Phi) is 3.63. The number of rotatable bonds is 4. The van der Waals surface area contributed by atoms with Crippen molar-refractivity contribution in [1.29, 1.82) is 0 Å². The van der Waals surface area contributed by atoms with Crippen LogP contribution in [-0.4, -0.2) is 55.5 Å². The minimum absolute atomic E-state index is 0.100. The summed E-state index contributed by atoms with van der Waals surface area (Å²) in [5.41, 5.74) is 2.43. The van der Waals surface area contributed by atoms with E-state index >= 15 is 0 Å². The number of fused-ring (bicyclic) bond motifs is 1. The lowest BCUT2D eigenvalue weighted by Crippen LogP contribution is -2.59. The van der Waals surface area contributed by atoms with Crippen molar-refractivity contribution in [3.8, 4) is 0 Å². The Labute approximate surface area is 144 Å². The molecule has 3 aromatic rings. The smallest absolute Gasteiger partial charge is 0.268 e. The first-order valence-electron chi connectivity index (χ1n) is 8.25. The molecule has 0 unspecified atom stereocenters. The van der Waals surface area contributed by atoms with Crippen LogP contribution in [0.3, 0.4) is 0 Å². The predicted octanol–water partition coefficient (Wildman–Crippen LogP) is 0.265. The molecule has 0 aromatic carbocycles. The summed E-state index contributed by atoms with van der Waals surface area (Å²) in [5.74, 6) is 0.837. The second-order valence-electron chi connectivity index (χ2n) is 6.25. The molecule has 130 valence electrons. The Morgan fingerprint density at radius 2 is 2.08 bits per heavy atom. The van der Waals surface area contributed by atoms with Crippen LogP contribution in [-0.2, 0) is 13.6 Å². The Balaban J connectivity index is 1.53. The van der Waals surface area contributed by atoms with Crippen LogP contribution in [0.15, 0.2) is 29.7 Å². The Hall–Kier alpha value is -2.97. The molecule has 0 N–H and O–H groups in total. The van der Waals surface area contributed by atoms with Gasteiger partial charge in [0.25, 0.3) is 5.56 Å². The van der Waals surface area contributed by atoms with Gasteiger partial charge in [-0.1, -0.05) is 0 Å². The maximum absolute atomic E-state index is 11.7. The van der Waals surface area contributed by atoms with Crippen LogP contribution in [0.4, 0.5) is 11.5 Å².